The standard InChI is InChI=1S/C17H27N3O4S/c1-12-16(13(2)24-18-12)10-19(3)17(21)14-4-7-20(8-5-14)15-6-9-25(22,23)11-15/h14-15H,4-11H2,1-3H3. The Morgan fingerprint density at radius 1 is 1.28 bits per heavy atom. The monoisotopic (exact) mass is 369 g/mol. The number of hydrogen-bond donors (Lipinski definition) is 0. The number of hydrogen-bond acceptors (Lipinski definition) is 6. The van der Waals surface area contributed by atoms with Crippen LogP contribution in [-0.4, -0.2) is 67.0 Å². The molecule has 25 heavy (non-hydrogen) atoms. The molecule has 0 aliphatic carbocycles. The SMILES string of the molecule is Cc1noc(C)c1CN(C)C(=O)C1CCN(C2CCS(=O)(=O)C2)CC1. The predicted molar refractivity (Wildman–Crippen MR) is 93.8 cm³/mol. The van der Waals surface area contributed by atoms with E-state index in [2.05, 4.69) is 10.1 Å². The van der Waals surface area contributed by atoms with Crippen molar-refractivity contribution in [3.63, 3.8) is 0 Å². The highest BCUT2D eigenvalue weighted by molar-refractivity contribution is 7.91. The van der Waals surface area contributed by atoms with Crippen LogP contribution in [0.2, 0.25) is 0 Å². The first-order valence-electron chi connectivity index (χ1n) is 8.88. The number of carbonyl (C=O) groups is 1. The Labute approximate surface area is 149 Å². The fourth-order valence-electron chi connectivity index (χ4n) is 3.93. The molecular formula is C17H27N3O4S. The molecule has 0 N–H and O–H groups in total. The fourth-order valence-corrected chi connectivity index (χ4v) is 5.69. The Morgan fingerprint density at radius 3 is 2.48 bits per heavy atom. The van der Waals surface area contributed by atoms with Gasteiger partial charge in [-0.15, -0.1) is 0 Å². The van der Waals surface area contributed by atoms with Crippen molar-refractivity contribution in [1.82, 2.24) is 15.0 Å². The minimum atomic E-state index is -2.86. The van der Waals surface area contributed by atoms with Gasteiger partial charge in [-0.2, -0.15) is 0 Å². The summed E-state index contributed by atoms with van der Waals surface area (Å²) in [5, 5.41) is 3.94. The summed E-state index contributed by atoms with van der Waals surface area (Å²) in [6.45, 7) is 5.87. The van der Waals surface area contributed by atoms with E-state index in [1.807, 2.05) is 20.9 Å². The lowest BCUT2D eigenvalue weighted by molar-refractivity contribution is -0.136. The van der Waals surface area contributed by atoms with E-state index in [4.69, 9.17) is 4.52 Å². The van der Waals surface area contributed by atoms with Crippen molar-refractivity contribution in [3.8, 4) is 0 Å². The van der Waals surface area contributed by atoms with Crippen LogP contribution in [-0.2, 0) is 21.2 Å². The zero-order valence-corrected chi connectivity index (χ0v) is 16.0. The Balaban J connectivity index is 1.53. The Morgan fingerprint density at radius 2 is 1.96 bits per heavy atom. The summed E-state index contributed by atoms with van der Waals surface area (Å²) in [6.07, 6.45) is 2.32. The van der Waals surface area contributed by atoms with Gasteiger partial charge >= 0.3 is 0 Å². The van der Waals surface area contributed by atoms with E-state index >= 15 is 0 Å². The van der Waals surface area contributed by atoms with Crippen molar-refractivity contribution in [2.75, 3.05) is 31.6 Å². The molecule has 1 unspecified atom stereocenters. The fraction of sp³-hybridized carbons (Fsp3) is 0.765. The minimum absolute atomic E-state index is 0.0136. The lowest BCUT2D eigenvalue weighted by Crippen LogP contribution is -2.45. The highest BCUT2D eigenvalue weighted by Crippen LogP contribution is 2.26. The van der Waals surface area contributed by atoms with Gasteiger partial charge in [0, 0.05) is 24.6 Å². The number of likely N-dealkylation sites (tertiary alicyclic amines) is 1. The molecule has 3 rings (SSSR count). The van der Waals surface area contributed by atoms with Crippen LogP contribution < -0.4 is 0 Å². The predicted octanol–water partition coefficient (Wildman–Crippen LogP) is 1.15. The van der Waals surface area contributed by atoms with Gasteiger partial charge in [-0.05, 0) is 46.2 Å². The summed E-state index contributed by atoms with van der Waals surface area (Å²) < 4.78 is 28.5. The van der Waals surface area contributed by atoms with Crippen LogP contribution in [0.25, 0.3) is 0 Å². The van der Waals surface area contributed by atoms with Gasteiger partial charge in [0.1, 0.15) is 5.76 Å². The molecule has 1 atom stereocenters. The van der Waals surface area contributed by atoms with Crippen LogP contribution in [0.3, 0.4) is 0 Å². The van der Waals surface area contributed by atoms with Crippen molar-refractivity contribution < 1.29 is 17.7 Å². The summed E-state index contributed by atoms with van der Waals surface area (Å²) in [5.74, 6) is 1.50. The molecule has 0 radical (unpaired) electrons. The zero-order valence-electron chi connectivity index (χ0n) is 15.2. The normalized spacial score (nSPS) is 24.5. The topological polar surface area (TPSA) is 83.7 Å². The van der Waals surface area contributed by atoms with Gasteiger partial charge in [0.05, 0.1) is 23.7 Å². The van der Waals surface area contributed by atoms with Crippen LogP contribution in [0.15, 0.2) is 4.52 Å². The van der Waals surface area contributed by atoms with E-state index in [0.717, 1.165) is 49.4 Å². The van der Waals surface area contributed by atoms with Crippen LogP contribution in [0.4, 0.5) is 0 Å². The number of aryl methyl sites for hydroxylation is 2. The van der Waals surface area contributed by atoms with E-state index in [-0.39, 0.29) is 23.6 Å². The third kappa shape index (κ3) is 4.06. The van der Waals surface area contributed by atoms with Gasteiger partial charge in [-0.1, -0.05) is 5.16 Å². The Kier molecular flexibility index (Phi) is 5.20. The molecule has 3 heterocycles. The lowest BCUT2D eigenvalue weighted by atomic mass is 9.94. The zero-order chi connectivity index (χ0) is 18.2. The number of nitrogens with zero attached hydrogens (tertiary/aromatic N) is 3. The molecule has 0 saturated carbocycles. The molecule has 2 aliphatic rings. The molecule has 0 aromatic carbocycles. The van der Waals surface area contributed by atoms with Gasteiger partial charge in [0.15, 0.2) is 9.84 Å². The molecule has 2 aliphatic heterocycles. The highest BCUT2D eigenvalue weighted by atomic mass is 32.2. The van der Waals surface area contributed by atoms with Crippen molar-refractivity contribution in [1.29, 1.82) is 0 Å². The smallest absolute Gasteiger partial charge is 0.225 e. The maximum atomic E-state index is 12.7. The molecular weight excluding hydrogens is 342 g/mol. The molecule has 2 fully saturated rings. The van der Waals surface area contributed by atoms with Crippen LogP contribution in [0.5, 0.6) is 0 Å². The molecule has 7 nitrogen and oxygen atoms in total. The van der Waals surface area contributed by atoms with Gasteiger partial charge in [0.2, 0.25) is 5.91 Å². The molecule has 8 heteroatoms. The quantitative estimate of drug-likeness (QED) is 0.792. The molecule has 140 valence electrons. The Hall–Kier alpha value is -1.41. The van der Waals surface area contributed by atoms with Crippen LogP contribution in [0.1, 0.15) is 36.3 Å². The van der Waals surface area contributed by atoms with Gasteiger partial charge < -0.3 is 9.42 Å². The Bertz CT molecular complexity index is 716. The number of carbonyl (C=O) groups excluding carboxylic acids is 1. The number of rotatable bonds is 4. The van der Waals surface area contributed by atoms with Crippen molar-refractivity contribution in [3.05, 3.63) is 17.0 Å². The van der Waals surface area contributed by atoms with E-state index in [1.165, 1.54) is 0 Å². The number of amides is 1. The van der Waals surface area contributed by atoms with Gasteiger partial charge in [-0.3, -0.25) is 9.69 Å². The molecule has 2 saturated heterocycles. The van der Waals surface area contributed by atoms with Gasteiger partial charge in [-0.25, -0.2) is 8.42 Å². The van der Waals surface area contributed by atoms with Crippen molar-refractivity contribution >= 4 is 15.7 Å². The summed E-state index contributed by atoms with van der Waals surface area (Å²) in [5.41, 5.74) is 1.80. The summed E-state index contributed by atoms with van der Waals surface area (Å²) >= 11 is 0. The minimum Gasteiger partial charge on any atom is -0.361 e. The van der Waals surface area contributed by atoms with E-state index < -0.39 is 9.84 Å². The maximum absolute atomic E-state index is 12.7. The highest BCUT2D eigenvalue weighted by Gasteiger charge is 2.35. The maximum Gasteiger partial charge on any atom is 0.225 e. The van der Waals surface area contributed by atoms with Crippen LogP contribution >= 0.6 is 0 Å². The van der Waals surface area contributed by atoms with Crippen LogP contribution in [0, 0.1) is 19.8 Å². The molecule has 1 aromatic heterocycles. The average molecular weight is 369 g/mol. The first kappa shape index (κ1) is 18.4. The molecule has 1 amide bonds. The summed E-state index contributed by atoms with van der Waals surface area (Å²) in [4.78, 5) is 16.7. The third-order valence-electron chi connectivity index (χ3n) is 5.56. The second-order valence-corrected chi connectivity index (χ2v) is 9.59. The first-order chi connectivity index (χ1) is 11.8. The molecule has 0 bridgehead atoms. The van der Waals surface area contributed by atoms with E-state index in [0.29, 0.717) is 12.3 Å². The average Bonchev–Trinajstić information content (AvgIpc) is 3.10. The number of sulfone groups is 1. The first-order valence-corrected chi connectivity index (χ1v) is 10.7. The number of piperidine rings is 1. The molecule has 1 aromatic rings. The van der Waals surface area contributed by atoms with E-state index in [1.54, 1.807) is 4.90 Å². The second kappa shape index (κ2) is 7.07. The number of aromatic nitrogens is 1. The third-order valence-corrected chi connectivity index (χ3v) is 7.31. The van der Waals surface area contributed by atoms with Gasteiger partial charge in [0.25, 0.3) is 0 Å². The lowest BCUT2D eigenvalue weighted by Gasteiger charge is -2.36. The largest absolute Gasteiger partial charge is 0.361 e. The summed E-state index contributed by atoms with van der Waals surface area (Å²) in [7, 11) is -1.03. The van der Waals surface area contributed by atoms with E-state index in [9.17, 15) is 13.2 Å². The molecule has 0 spiro atoms. The van der Waals surface area contributed by atoms with Crippen molar-refractivity contribution in [2.45, 2.75) is 45.7 Å². The van der Waals surface area contributed by atoms with Crippen molar-refractivity contribution in [2.24, 2.45) is 5.92 Å². The second-order valence-electron chi connectivity index (χ2n) is 7.36. The summed E-state index contributed by atoms with van der Waals surface area (Å²) in [6, 6.07) is 0.140.